The van der Waals surface area contributed by atoms with Gasteiger partial charge in [0, 0.05) is 6.61 Å². The highest BCUT2D eigenvalue weighted by Gasteiger charge is 2.63. The van der Waals surface area contributed by atoms with Crippen LogP contribution in [-0.4, -0.2) is 79.1 Å². The largest absolute Gasteiger partial charge is 0.372 e. The lowest BCUT2D eigenvalue weighted by molar-refractivity contribution is -0.253. The van der Waals surface area contributed by atoms with Gasteiger partial charge < -0.3 is 18.9 Å². The smallest absolute Gasteiger partial charge is 0.264 e. The van der Waals surface area contributed by atoms with Crippen molar-refractivity contribution < 1.29 is 44.1 Å². The first-order valence-corrected chi connectivity index (χ1v) is 12.2. The van der Waals surface area contributed by atoms with Crippen LogP contribution in [0.1, 0.15) is 33.6 Å². The first kappa shape index (κ1) is 22.9. The van der Waals surface area contributed by atoms with E-state index >= 15 is 0 Å². The lowest BCUT2D eigenvalue weighted by Gasteiger charge is -2.35. The topological polar surface area (TPSA) is 124 Å². The normalized spacial score (nSPS) is 29.7. The minimum Gasteiger partial charge on any atom is -0.372 e. The maximum Gasteiger partial charge on any atom is 0.264 e. The molecule has 0 aliphatic carbocycles. The third kappa shape index (κ3) is 6.32. The molecule has 10 nitrogen and oxygen atoms in total. The van der Waals surface area contributed by atoms with Gasteiger partial charge in [-0.2, -0.15) is 16.8 Å². The number of unbranched alkanes of at least 4 members (excludes halogenated alkanes) is 1. The maximum absolute atomic E-state index is 11.5. The van der Waals surface area contributed by atoms with Crippen molar-refractivity contribution in [2.24, 2.45) is 0 Å². The van der Waals surface area contributed by atoms with Crippen LogP contribution in [0.15, 0.2) is 0 Å². The molecule has 2 heterocycles. The monoisotopic (exact) mass is 432 g/mol. The summed E-state index contributed by atoms with van der Waals surface area (Å²) in [5.41, 5.74) is -1.54. The van der Waals surface area contributed by atoms with Crippen LogP contribution in [0.4, 0.5) is 0 Å². The zero-order valence-corrected chi connectivity index (χ0v) is 17.8. The molecule has 0 aromatic carbocycles. The molecule has 27 heavy (non-hydrogen) atoms. The fourth-order valence-corrected chi connectivity index (χ4v) is 3.77. The van der Waals surface area contributed by atoms with E-state index in [9.17, 15) is 16.8 Å². The quantitative estimate of drug-likeness (QED) is 0.353. The molecule has 160 valence electrons. The highest BCUT2D eigenvalue weighted by molar-refractivity contribution is 7.86. The Hall–Kier alpha value is -0.340. The second-order valence-electron chi connectivity index (χ2n) is 7.23. The molecule has 2 aliphatic rings. The SMILES string of the molecule is CCCCO[C@@H]1C2OC(C)(C)O[C@H]2OC1(COS(C)(=O)=O)COS(C)(=O)=O. The number of rotatable bonds is 10. The van der Waals surface area contributed by atoms with Crippen LogP contribution in [0.25, 0.3) is 0 Å². The van der Waals surface area contributed by atoms with E-state index in [1.165, 1.54) is 0 Å². The Bertz CT molecular complexity index is 679. The second kappa shape index (κ2) is 8.19. The van der Waals surface area contributed by atoms with E-state index in [0.29, 0.717) is 6.61 Å². The summed E-state index contributed by atoms with van der Waals surface area (Å²) >= 11 is 0. The number of fused-ring (bicyclic) bond motifs is 1. The molecule has 0 saturated carbocycles. The van der Waals surface area contributed by atoms with Gasteiger partial charge in [0.2, 0.25) is 0 Å². The summed E-state index contributed by atoms with van der Waals surface area (Å²) in [7, 11) is -7.64. The lowest BCUT2D eigenvalue weighted by Crippen LogP contribution is -2.54. The molecule has 0 bridgehead atoms. The number of ether oxygens (including phenoxy) is 4. The zero-order chi connectivity index (χ0) is 20.5. The van der Waals surface area contributed by atoms with Crippen LogP contribution < -0.4 is 0 Å². The highest BCUT2D eigenvalue weighted by atomic mass is 32.2. The van der Waals surface area contributed by atoms with E-state index in [1.807, 2.05) is 6.92 Å². The molecule has 3 atom stereocenters. The van der Waals surface area contributed by atoms with Crippen molar-refractivity contribution in [2.75, 3.05) is 32.3 Å². The van der Waals surface area contributed by atoms with Gasteiger partial charge in [0.05, 0.1) is 12.5 Å². The molecule has 0 amide bonds. The summed E-state index contributed by atoms with van der Waals surface area (Å²) in [6, 6.07) is 0. The molecule has 0 aromatic rings. The zero-order valence-electron chi connectivity index (χ0n) is 16.2. The molecule has 2 fully saturated rings. The number of hydrogen-bond donors (Lipinski definition) is 0. The van der Waals surface area contributed by atoms with Gasteiger partial charge in [0.15, 0.2) is 12.1 Å². The van der Waals surface area contributed by atoms with Crippen molar-refractivity contribution in [3.8, 4) is 0 Å². The van der Waals surface area contributed by atoms with Gasteiger partial charge in [-0.1, -0.05) is 13.3 Å². The van der Waals surface area contributed by atoms with Gasteiger partial charge in [-0.25, -0.2) is 0 Å². The predicted molar refractivity (Wildman–Crippen MR) is 93.9 cm³/mol. The average Bonchev–Trinajstić information content (AvgIpc) is 2.92. The summed E-state index contributed by atoms with van der Waals surface area (Å²) in [4.78, 5) is 0. The molecule has 0 radical (unpaired) electrons. The van der Waals surface area contributed by atoms with Gasteiger partial charge in [-0.3, -0.25) is 8.37 Å². The van der Waals surface area contributed by atoms with Crippen LogP contribution >= 0.6 is 0 Å². The minimum absolute atomic E-state index is 0.344. The first-order valence-electron chi connectivity index (χ1n) is 8.61. The van der Waals surface area contributed by atoms with Crippen LogP contribution in [0.5, 0.6) is 0 Å². The predicted octanol–water partition coefficient (Wildman–Crippen LogP) is 0.371. The molecule has 0 N–H and O–H groups in total. The Morgan fingerprint density at radius 3 is 1.96 bits per heavy atom. The van der Waals surface area contributed by atoms with Crippen LogP contribution in [0, 0.1) is 0 Å². The molecule has 2 aliphatic heterocycles. The summed E-state index contributed by atoms with van der Waals surface area (Å²) in [6.45, 7) is 4.74. The van der Waals surface area contributed by atoms with Crippen LogP contribution in [-0.2, 0) is 47.5 Å². The highest BCUT2D eigenvalue weighted by Crippen LogP contribution is 2.44. The van der Waals surface area contributed by atoms with Crippen molar-refractivity contribution in [3.05, 3.63) is 0 Å². The minimum atomic E-state index is -3.82. The van der Waals surface area contributed by atoms with Gasteiger partial charge >= 0.3 is 0 Å². The standard InChI is InChI=1S/C15H28O10S2/c1-6-7-8-20-12-11-13(24-14(2,3)23-11)25-15(12,9-21-26(4,16)17)10-22-27(5,18)19/h11-13H,6-10H2,1-5H3/t11?,12-,13+/m1/s1. The van der Waals surface area contributed by atoms with Crippen molar-refractivity contribution in [3.63, 3.8) is 0 Å². The Morgan fingerprint density at radius 1 is 0.926 bits per heavy atom. The van der Waals surface area contributed by atoms with E-state index in [-0.39, 0.29) is 0 Å². The van der Waals surface area contributed by atoms with Gasteiger partial charge in [0.25, 0.3) is 20.2 Å². The van der Waals surface area contributed by atoms with E-state index in [0.717, 1.165) is 25.4 Å². The van der Waals surface area contributed by atoms with Crippen molar-refractivity contribution >= 4 is 20.2 Å². The Kier molecular flexibility index (Phi) is 6.96. The van der Waals surface area contributed by atoms with Gasteiger partial charge in [-0.15, -0.1) is 0 Å². The third-order valence-electron chi connectivity index (χ3n) is 4.09. The lowest BCUT2D eigenvalue weighted by atomic mass is 9.97. The molecule has 2 rings (SSSR count). The summed E-state index contributed by atoms with van der Waals surface area (Å²) < 4.78 is 79.2. The summed E-state index contributed by atoms with van der Waals surface area (Å²) in [5.74, 6) is -0.927. The average molecular weight is 433 g/mol. The summed E-state index contributed by atoms with van der Waals surface area (Å²) in [5, 5.41) is 0. The van der Waals surface area contributed by atoms with Gasteiger partial charge in [-0.05, 0) is 20.3 Å². The fraction of sp³-hybridized carbons (Fsp3) is 1.00. The molecule has 1 unspecified atom stereocenters. The van der Waals surface area contributed by atoms with E-state index < -0.39 is 63.3 Å². The van der Waals surface area contributed by atoms with E-state index in [4.69, 9.17) is 27.3 Å². The van der Waals surface area contributed by atoms with E-state index in [1.54, 1.807) is 13.8 Å². The molecular weight excluding hydrogens is 404 g/mol. The van der Waals surface area contributed by atoms with Crippen molar-refractivity contribution in [1.29, 1.82) is 0 Å². The Balaban J connectivity index is 2.31. The summed E-state index contributed by atoms with van der Waals surface area (Å²) in [6.07, 6.45) is 0.972. The van der Waals surface area contributed by atoms with Gasteiger partial charge in [0.1, 0.15) is 31.0 Å². The number of hydrogen-bond acceptors (Lipinski definition) is 10. The third-order valence-corrected chi connectivity index (χ3v) is 5.18. The van der Waals surface area contributed by atoms with E-state index in [2.05, 4.69) is 0 Å². The van der Waals surface area contributed by atoms with Crippen LogP contribution in [0.2, 0.25) is 0 Å². The fourth-order valence-electron chi connectivity index (χ4n) is 2.94. The molecule has 0 spiro atoms. The maximum atomic E-state index is 11.5. The molecule has 12 heteroatoms. The van der Waals surface area contributed by atoms with Crippen molar-refractivity contribution in [2.45, 2.75) is 63.5 Å². The Labute approximate surface area is 160 Å². The molecule has 0 aromatic heterocycles. The molecule has 2 saturated heterocycles. The Morgan fingerprint density at radius 2 is 1.48 bits per heavy atom. The van der Waals surface area contributed by atoms with Crippen molar-refractivity contribution in [1.82, 2.24) is 0 Å². The van der Waals surface area contributed by atoms with Crippen LogP contribution in [0.3, 0.4) is 0 Å². The second-order valence-corrected chi connectivity index (χ2v) is 10.5. The molecular formula is C15H28O10S2. The first-order chi connectivity index (χ1) is 12.3.